The summed E-state index contributed by atoms with van der Waals surface area (Å²) in [4.78, 5) is 14.9. The van der Waals surface area contributed by atoms with Crippen LogP contribution in [-0.4, -0.2) is 55.4 Å². The highest BCUT2D eigenvalue weighted by atomic mass is 16.5. The zero-order valence-electron chi connectivity index (χ0n) is 21.7. The van der Waals surface area contributed by atoms with Gasteiger partial charge >= 0.3 is 0 Å². The number of carbonyl (C=O) groups excluding carboxylic acids is 1. The summed E-state index contributed by atoms with van der Waals surface area (Å²) < 4.78 is 17.6. The zero-order valence-corrected chi connectivity index (χ0v) is 21.7. The van der Waals surface area contributed by atoms with Gasteiger partial charge in [-0.3, -0.25) is 4.79 Å². The number of fused-ring (bicyclic) bond motifs is 1. The molecule has 3 fully saturated rings. The van der Waals surface area contributed by atoms with Gasteiger partial charge in [0.25, 0.3) is 0 Å². The van der Waals surface area contributed by atoms with Crippen LogP contribution in [0.3, 0.4) is 0 Å². The molecule has 2 aromatic rings. The second-order valence-electron chi connectivity index (χ2n) is 11.1. The Morgan fingerprint density at radius 3 is 2.58 bits per heavy atom. The van der Waals surface area contributed by atoms with E-state index in [0.717, 1.165) is 41.1 Å². The number of hydrogen-bond donors (Lipinski definition) is 1. The van der Waals surface area contributed by atoms with E-state index in [4.69, 9.17) is 14.2 Å². The number of methoxy groups -OCH3 is 1. The number of hydrogen-bond acceptors (Lipinski definition) is 5. The lowest BCUT2D eigenvalue weighted by Gasteiger charge is -2.33. The van der Waals surface area contributed by atoms with Gasteiger partial charge in [0, 0.05) is 24.4 Å². The van der Waals surface area contributed by atoms with Crippen molar-refractivity contribution < 1.29 is 24.1 Å². The monoisotopic (exact) mass is 493 g/mol. The molecule has 6 heteroatoms. The maximum Gasteiger partial charge on any atom is 0.248 e. The molecule has 6 nitrogen and oxygen atoms in total. The first-order chi connectivity index (χ1) is 17.4. The first-order valence-corrected chi connectivity index (χ1v) is 13.3. The molecule has 2 aromatic carbocycles. The summed E-state index contributed by atoms with van der Waals surface area (Å²) in [5, 5.41) is 10.8. The van der Waals surface area contributed by atoms with Gasteiger partial charge in [-0.15, -0.1) is 0 Å². The van der Waals surface area contributed by atoms with Crippen LogP contribution in [0.1, 0.15) is 50.2 Å². The molecular formula is C30H39NO5. The lowest BCUT2D eigenvalue weighted by atomic mass is 9.72. The van der Waals surface area contributed by atoms with Crippen LogP contribution in [0.25, 0.3) is 0 Å². The summed E-state index contributed by atoms with van der Waals surface area (Å²) in [6, 6.07) is 15.9. The van der Waals surface area contributed by atoms with Gasteiger partial charge in [0.15, 0.2) is 11.5 Å². The summed E-state index contributed by atoms with van der Waals surface area (Å²) in [5.41, 5.74) is 1.62. The lowest BCUT2D eigenvalue weighted by Crippen LogP contribution is -2.38. The summed E-state index contributed by atoms with van der Waals surface area (Å²) in [6.07, 6.45) is 3.45. The molecule has 1 N–H and O–H groups in total. The third-order valence-corrected chi connectivity index (χ3v) is 8.98. The number of likely N-dealkylation sites (tertiary alicyclic amines) is 1. The van der Waals surface area contributed by atoms with E-state index >= 15 is 0 Å². The van der Waals surface area contributed by atoms with E-state index < -0.39 is 11.5 Å². The molecule has 1 amide bonds. The predicted octanol–water partition coefficient (Wildman–Crippen LogP) is 4.65. The van der Waals surface area contributed by atoms with Gasteiger partial charge in [-0.1, -0.05) is 49.7 Å². The molecule has 194 valence electrons. The molecule has 0 bridgehead atoms. The van der Waals surface area contributed by atoms with E-state index in [1.165, 1.54) is 19.3 Å². The van der Waals surface area contributed by atoms with Gasteiger partial charge < -0.3 is 24.2 Å². The maximum absolute atomic E-state index is 13.0. The summed E-state index contributed by atoms with van der Waals surface area (Å²) in [5.74, 6) is 3.76. The van der Waals surface area contributed by atoms with Crippen molar-refractivity contribution in [3.05, 3.63) is 59.7 Å². The Labute approximate surface area is 214 Å². The molecule has 5 atom stereocenters. The lowest BCUT2D eigenvalue weighted by molar-refractivity contribution is -0.136. The zero-order chi connectivity index (χ0) is 25.3. The minimum absolute atomic E-state index is 0.0239. The number of benzene rings is 2. The highest BCUT2D eigenvalue weighted by Crippen LogP contribution is 2.57. The maximum atomic E-state index is 13.0. The van der Waals surface area contributed by atoms with Crippen molar-refractivity contribution in [2.24, 2.45) is 23.2 Å². The van der Waals surface area contributed by atoms with E-state index in [0.29, 0.717) is 25.6 Å². The number of nitrogens with zero attached hydrogens (tertiary/aromatic N) is 1. The average molecular weight is 494 g/mol. The number of carbonyl (C=O) groups is 1. The topological polar surface area (TPSA) is 68.2 Å². The normalized spacial score (nSPS) is 29.6. The van der Waals surface area contributed by atoms with Gasteiger partial charge in [-0.05, 0) is 60.8 Å². The van der Waals surface area contributed by atoms with Crippen molar-refractivity contribution in [3.63, 3.8) is 0 Å². The van der Waals surface area contributed by atoms with Gasteiger partial charge in [-0.2, -0.15) is 0 Å². The second kappa shape index (κ2) is 10.4. The first-order valence-electron chi connectivity index (χ1n) is 13.3. The van der Waals surface area contributed by atoms with Crippen LogP contribution in [0.4, 0.5) is 0 Å². The van der Waals surface area contributed by atoms with E-state index in [1.807, 2.05) is 54.3 Å². The predicted molar refractivity (Wildman–Crippen MR) is 138 cm³/mol. The molecule has 2 saturated carbocycles. The highest BCUT2D eigenvalue weighted by Gasteiger charge is 2.53. The van der Waals surface area contributed by atoms with Gasteiger partial charge in [-0.25, -0.2) is 0 Å². The minimum Gasteiger partial charge on any atom is -0.493 e. The van der Waals surface area contributed by atoms with Crippen LogP contribution in [-0.2, 0) is 16.1 Å². The summed E-state index contributed by atoms with van der Waals surface area (Å²) >= 11 is 0. The van der Waals surface area contributed by atoms with Crippen LogP contribution >= 0.6 is 0 Å². The fourth-order valence-corrected chi connectivity index (χ4v) is 6.46. The number of ether oxygens (including phenoxy) is 3. The Kier molecular flexibility index (Phi) is 7.27. The van der Waals surface area contributed by atoms with Crippen molar-refractivity contribution in [3.8, 4) is 11.5 Å². The second-order valence-corrected chi connectivity index (χ2v) is 11.1. The Bertz CT molecular complexity index is 1050. The van der Waals surface area contributed by atoms with Crippen molar-refractivity contribution >= 4 is 5.91 Å². The Balaban J connectivity index is 1.26. The molecule has 1 aliphatic heterocycles. The van der Waals surface area contributed by atoms with Crippen molar-refractivity contribution in [2.75, 3.05) is 33.4 Å². The number of aliphatic hydroxyl groups excluding tert-OH is 1. The van der Waals surface area contributed by atoms with E-state index in [2.05, 4.69) is 13.0 Å². The molecule has 3 aliphatic rings. The molecule has 5 unspecified atom stereocenters. The Hall–Kier alpha value is -2.57. The Morgan fingerprint density at radius 2 is 1.89 bits per heavy atom. The summed E-state index contributed by atoms with van der Waals surface area (Å²) in [7, 11) is 1.67. The number of aliphatic hydroxyl groups is 1. The molecule has 2 aliphatic carbocycles. The first kappa shape index (κ1) is 25.1. The fourth-order valence-electron chi connectivity index (χ4n) is 6.46. The molecule has 5 rings (SSSR count). The standard InChI is InChI=1S/C30H39NO5/c1-20(32)30(2)19-31(29(33)18-35-16-21-8-5-4-6-9-21)15-26(30)22-12-13-27(34-3)28(14-22)36-17-25-23-10-7-11-24(23)25/h4-6,8-9,12-14,20,23-26,32H,7,10-11,15-19H2,1-3H3. The van der Waals surface area contributed by atoms with Crippen molar-refractivity contribution in [2.45, 2.75) is 51.7 Å². The number of rotatable bonds is 10. The SMILES string of the molecule is COc1ccc(C2CN(C(=O)COCc3ccccc3)CC2(C)C(C)O)cc1OCC1C2CCCC21. The molecule has 0 radical (unpaired) electrons. The van der Waals surface area contributed by atoms with Crippen molar-refractivity contribution in [1.82, 2.24) is 4.90 Å². The van der Waals surface area contributed by atoms with Crippen LogP contribution in [0, 0.1) is 23.2 Å². The molecule has 1 saturated heterocycles. The molecule has 0 spiro atoms. The third-order valence-electron chi connectivity index (χ3n) is 8.98. The quantitative estimate of drug-likeness (QED) is 0.522. The van der Waals surface area contributed by atoms with Crippen LogP contribution in [0.2, 0.25) is 0 Å². The fraction of sp³-hybridized carbons (Fsp3) is 0.567. The molecule has 36 heavy (non-hydrogen) atoms. The van der Waals surface area contributed by atoms with Gasteiger partial charge in [0.1, 0.15) is 6.61 Å². The van der Waals surface area contributed by atoms with Crippen molar-refractivity contribution in [1.29, 1.82) is 0 Å². The van der Waals surface area contributed by atoms with Crippen LogP contribution in [0.5, 0.6) is 11.5 Å². The molecular weight excluding hydrogens is 454 g/mol. The van der Waals surface area contributed by atoms with E-state index in [-0.39, 0.29) is 18.4 Å². The highest BCUT2D eigenvalue weighted by molar-refractivity contribution is 5.78. The number of amides is 1. The summed E-state index contributed by atoms with van der Waals surface area (Å²) in [6.45, 7) is 6.06. The van der Waals surface area contributed by atoms with Gasteiger partial charge in [0.2, 0.25) is 5.91 Å². The minimum atomic E-state index is -0.581. The third kappa shape index (κ3) is 4.98. The van der Waals surface area contributed by atoms with E-state index in [9.17, 15) is 9.90 Å². The molecule has 1 heterocycles. The van der Waals surface area contributed by atoms with Crippen LogP contribution < -0.4 is 9.47 Å². The van der Waals surface area contributed by atoms with Crippen LogP contribution in [0.15, 0.2) is 48.5 Å². The van der Waals surface area contributed by atoms with Gasteiger partial charge in [0.05, 0.1) is 26.4 Å². The Morgan fingerprint density at radius 1 is 1.14 bits per heavy atom. The smallest absolute Gasteiger partial charge is 0.248 e. The average Bonchev–Trinajstić information content (AvgIpc) is 3.19. The largest absolute Gasteiger partial charge is 0.493 e. The van der Waals surface area contributed by atoms with E-state index in [1.54, 1.807) is 7.11 Å². The molecule has 0 aromatic heterocycles.